The van der Waals surface area contributed by atoms with Crippen molar-refractivity contribution in [1.82, 2.24) is 9.62 Å². The number of nitrogens with one attached hydrogen (secondary N) is 1. The lowest BCUT2D eigenvalue weighted by Crippen LogP contribution is -2.30. The van der Waals surface area contributed by atoms with Gasteiger partial charge >= 0.3 is 0 Å². The van der Waals surface area contributed by atoms with E-state index < -0.39 is 20.7 Å². The lowest BCUT2D eigenvalue weighted by atomic mass is 10.3. The molecule has 0 spiro atoms. The maximum Gasteiger partial charge on any atom is 0.243 e. The van der Waals surface area contributed by atoms with Gasteiger partial charge in [0, 0.05) is 12.2 Å². The first kappa shape index (κ1) is 18.3. The predicted molar refractivity (Wildman–Crippen MR) is 86.1 cm³/mol. The molecule has 0 saturated heterocycles. The fourth-order valence-electron chi connectivity index (χ4n) is 1.91. The first-order chi connectivity index (χ1) is 9.81. The van der Waals surface area contributed by atoms with Gasteiger partial charge in [-0.2, -0.15) is 0 Å². The topological polar surface area (TPSA) is 75.4 Å². The second-order valence-corrected chi connectivity index (χ2v) is 7.18. The minimum Gasteiger partial charge on any atom is -0.399 e. The second kappa shape index (κ2) is 8.07. The van der Waals surface area contributed by atoms with Crippen LogP contribution in [-0.4, -0.2) is 39.5 Å². The zero-order valence-corrected chi connectivity index (χ0v) is 14.6. The summed E-state index contributed by atoms with van der Waals surface area (Å²) in [6.07, 6.45) is 0.659. The predicted octanol–water partition coefficient (Wildman–Crippen LogP) is 2.18. The summed E-state index contributed by atoms with van der Waals surface area (Å²) in [6, 6.07) is 2.45. The normalized spacial score (nSPS) is 12.0. The first-order valence-electron chi connectivity index (χ1n) is 6.78. The summed E-state index contributed by atoms with van der Waals surface area (Å²) >= 11 is 2.96. The van der Waals surface area contributed by atoms with E-state index in [1.54, 1.807) is 0 Å². The number of sulfonamides is 1. The highest BCUT2D eigenvalue weighted by atomic mass is 79.9. The highest BCUT2D eigenvalue weighted by Gasteiger charge is 2.21. The number of nitrogens with zero attached hydrogens (tertiary/aromatic N) is 1. The molecule has 3 N–H and O–H groups in total. The molecule has 120 valence electrons. The number of nitrogens with two attached hydrogens (primary N) is 1. The molecule has 0 amide bonds. The molecule has 0 atom stereocenters. The van der Waals surface area contributed by atoms with Crippen LogP contribution in [0.1, 0.15) is 20.3 Å². The van der Waals surface area contributed by atoms with Crippen molar-refractivity contribution in [2.75, 3.05) is 31.9 Å². The Balaban J connectivity index is 2.71. The largest absolute Gasteiger partial charge is 0.399 e. The van der Waals surface area contributed by atoms with E-state index in [1.807, 2.05) is 13.8 Å². The molecule has 8 heteroatoms. The lowest BCUT2D eigenvalue weighted by Gasteiger charge is -2.17. The van der Waals surface area contributed by atoms with Crippen LogP contribution in [-0.2, 0) is 10.0 Å². The van der Waals surface area contributed by atoms with Crippen molar-refractivity contribution in [1.29, 1.82) is 0 Å². The average molecular weight is 382 g/mol. The van der Waals surface area contributed by atoms with Gasteiger partial charge in [-0.25, -0.2) is 17.5 Å². The van der Waals surface area contributed by atoms with Gasteiger partial charge in [0.2, 0.25) is 10.0 Å². The van der Waals surface area contributed by atoms with E-state index in [4.69, 9.17) is 5.73 Å². The fraction of sp³-hybridized carbons (Fsp3) is 0.538. The number of hydrogen-bond acceptors (Lipinski definition) is 4. The first-order valence-corrected chi connectivity index (χ1v) is 9.06. The summed E-state index contributed by atoms with van der Waals surface area (Å²) in [5, 5.41) is 0. The highest BCUT2D eigenvalue weighted by molar-refractivity contribution is 9.10. The van der Waals surface area contributed by atoms with Crippen LogP contribution in [0.4, 0.5) is 10.1 Å². The van der Waals surface area contributed by atoms with Crippen LogP contribution in [0, 0.1) is 5.82 Å². The van der Waals surface area contributed by atoms with Crippen molar-refractivity contribution in [3.8, 4) is 0 Å². The molecule has 0 aliphatic heterocycles. The van der Waals surface area contributed by atoms with Crippen molar-refractivity contribution in [2.24, 2.45) is 0 Å². The number of nitrogen functional groups attached to an aromatic ring is 1. The van der Waals surface area contributed by atoms with Crippen LogP contribution in [0.15, 0.2) is 21.5 Å². The Morgan fingerprint density at radius 2 is 1.95 bits per heavy atom. The molecule has 0 unspecified atom stereocenters. The molecule has 0 radical (unpaired) electrons. The molecule has 0 aliphatic carbocycles. The third-order valence-electron chi connectivity index (χ3n) is 3.14. The number of benzene rings is 1. The van der Waals surface area contributed by atoms with Gasteiger partial charge in [0.15, 0.2) is 5.82 Å². The van der Waals surface area contributed by atoms with Gasteiger partial charge in [-0.1, -0.05) is 13.8 Å². The van der Waals surface area contributed by atoms with E-state index in [2.05, 4.69) is 25.6 Å². The van der Waals surface area contributed by atoms with Crippen LogP contribution >= 0.6 is 15.9 Å². The summed E-state index contributed by atoms with van der Waals surface area (Å²) < 4.78 is 40.5. The van der Waals surface area contributed by atoms with E-state index in [0.29, 0.717) is 6.42 Å². The van der Waals surface area contributed by atoms with Crippen molar-refractivity contribution in [3.63, 3.8) is 0 Å². The Bertz CT molecular complexity index is 577. The third kappa shape index (κ3) is 5.21. The third-order valence-corrected chi connectivity index (χ3v) is 5.18. The van der Waals surface area contributed by atoms with E-state index in [0.717, 1.165) is 25.7 Å². The van der Waals surface area contributed by atoms with Crippen molar-refractivity contribution >= 4 is 31.6 Å². The Morgan fingerprint density at radius 1 is 1.33 bits per heavy atom. The number of rotatable bonds is 8. The van der Waals surface area contributed by atoms with Gasteiger partial charge in [0.25, 0.3) is 0 Å². The Labute approximate surface area is 133 Å². The quantitative estimate of drug-likeness (QED) is 0.534. The molecule has 0 aromatic heterocycles. The van der Waals surface area contributed by atoms with Crippen LogP contribution < -0.4 is 10.5 Å². The number of halogens is 2. The highest BCUT2D eigenvalue weighted by Crippen LogP contribution is 2.25. The molecule has 1 aromatic rings. The van der Waals surface area contributed by atoms with Crippen LogP contribution in [0.3, 0.4) is 0 Å². The minimum atomic E-state index is -3.90. The summed E-state index contributed by atoms with van der Waals surface area (Å²) in [4.78, 5) is 1.75. The van der Waals surface area contributed by atoms with Gasteiger partial charge < -0.3 is 10.6 Å². The Morgan fingerprint density at radius 3 is 2.52 bits per heavy atom. The molecule has 0 saturated carbocycles. The number of anilines is 1. The minimum absolute atomic E-state index is 0.0333. The summed E-state index contributed by atoms with van der Waals surface area (Å²) in [7, 11) is -3.90. The van der Waals surface area contributed by atoms with Crippen LogP contribution in [0.5, 0.6) is 0 Å². The van der Waals surface area contributed by atoms with E-state index in [9.17, 15) is 12.8 Å². The molecular formula is C13H21BrFN3O2S. The lowest BCUT2D eigenvalue weighted by molar-refractivity contribution is 0.300. The van der Waals surface area contributed by atoms with Crippen LogP contribution in [0.2, 0.25) is 0 Å². The second-order valence-electron chi connectivity index (χ2n) is 4.59. The average Bonchev–Trinajstić information content (AvgIpc) is 2.43. The van der Waals surface area contributed by atoms with Gasteiger partial charge in [-0.3, -0.25) is 0 Å². The smallest absolute Gasteiger partial charge is 0.243 e. The van der Waals surface area contributed by atoms with Crippen LogP contribution in [0.25, 0.3) is 0 Å². The monoisotopic (exact) mass is 381 g/mol. The van der Waals surface area contributed by atoms with Gasteiger partial charge in [-0.05, 0) is 54.1 Å². The summed E-state index contributed by atoms with van der Waals surface area (Å²) in [5.74, 6) is -0.833. The molecule has 0 fully saturated rings. The molecule has 1 rings (SSSR count). The number of hydrogen-bond donors (Lipinski definition) is 2. The molecule has 21 heavy (non-hydrogen) atoms. The van der Waals surface area contributed by atoms with E-state index >= 15 is 0 Å². The fourth-order valence-corrected chi connectivity index (χ4v) is 3.72. The molecule has 0 heterocycles. The van der Waals surface area contributed by atoms with Gasteiger partial charge in [-0.15, -0.1) is 0 Å². The molecule has 0 aliphatic rings. The van der Waals surface area contributed by atoms with Gasteiger partial charge in [0.1, 0.15) is 4.90 Å². The van der Waals surface area contributed by atoms with Crippen molar-refractivity contribution < 1.29 is 12.8 Å². The standard InChI is InChI=1S/C13H21BrFN3O2S/c1-3-18(4-2)7-5-6-17-21(19,20)12-9-10(16)8-11(14)13(12)15/h8-9,17H,3-7,16H2,1-2H3. The Hall–Kier alpha value is -0.700. The zero-order valence-electron chi connectivity index (χ0n) is 12.2. The van der Waals surface area contributed by atoms with E-state index in [1.165, 1.54) is 6.07 Å². The SMILES string of the molecule is CCN(CC)CCCNS(=O)(=O)c1cc(N)cc(Br)c1F. The molecule has 0 bridgehead atoms. The summed E-state index contributed by atoms with van der Waals surface area (Å²) in [5.41, 5.74) is 5.75. The molecule has 5 nitrogen and oxygen atoms in total. The Kier molecular flexibility index (Phi) is 7.05. The molecular weight excluding hydrogens is 361 g/mol. The zero-order chi connectivity index (χ0) is 16.0. The maximum absolute atomic E-state index is 13.9. The maximum atomic E-state index is 13.9. The molecule has 1 aromatic carbocycles. The van der Waals surface area contributed by atoms with Gasteiger partial charge in [0.05, 0.1) is 4.47 Å². The summed E-state index contributed by atoms with van der Waals surface area (Å²) in [6.45, 7) is 6.98. The van der Waals surface area contributed by atoms with E-state index in [-0.39, 0.29) is 16.7 Å². The van der Waals surface area contributed by atoms with Crippen molar-refractivity contribution in [2.45, 2.75) is 25.2 Å². The van der Waals surface area contributed by atoms with Crippen molar-refractivity contribution in [3.05, 3.63) is 22.4 Å².